The number of nitro benzene ring substituents is 3. The molecule has 0 aromatic heterocycles. The highest BCUT2D eigenvalue weighted by atomic mass is 16.8. The average Bonchev–Trinajstić information content (AvgIpc) is 0.778. The van der Waals surface area contributed by atoms with E-state index in [1.54, 1.807) is 0 Å². The summed E-state index contributed by atoms with van der Waals surface area (Å²) in [6.07, 6.45) is -35.9. The van der Waals surface area contributed by atoms with Gasteiger partial charge in [0.05, 0.1) is 72.2 Å². The molecule has 45 heteroatoms. The first-order valence-corrected chi connectivity index (χ1v) is 38.2. The average molecular weight is 1700 g/mol. The third-order valence-electron chi connectivity index (χ3n) is 19.5. The molecule has 10 unspecified atom stereocenters. The van der Waals surface area contributed by atoms with Crippen LogP contribution in [-0.2, 0) is 76.0 Å². The van der Waals surface area contributed by atoms with Crippen LogP contribution in [0.25, 0.3) is 0 Å². The predicted molar refractivity (Wildman–Crippen MR) is 390 cm³/mol. The Labute approximate surface area is 673 Å². The number of nitrogens with two attached hydrogens (primary N) is 1. The Morgan fingerprint density at radius 2 is 0.669 bits per heavy atom. The summed E-state index contributed by atoms with van der Waals surface area (Å²) in [6, 6.07) is 15.4. The highest BCUT2D eigenvalue weighted by Crippen LogP contribution is 2.37. The van der Waals surface area contributed by atoms with E-state index in [1.807, 2.05) is 0 Å². The van der Waals surface area contributed by atoms with E-state index in [-0.39, 0.29) is 98.3 Å². The van der Waals surface area contributed by atoms with Crippen LogP contribution in [-0.4, -0.2) is 338 Å². The van der Waals surface area contributed by atoms with Crippen LogP contribution >= 0.6 is 0 Å². The van der Waals surface area contributed by atoms with Crippen molar-refractivity contribution in [2.75, 3.05) is 46.2 Å². The maximum atomic E-state index is 12.5. The van der Waals surface area contributed by atoms with E-state index in [1.165, 1.54) is 86.6 Å². The number of esters is 3. The topological polar surface area (TPSA) is 686 Å². The second kappa shape index (κ2) is 48.4. The molecule has 0 amide bonds. The molecule has 0 radical (unpaired) electrons. The number of carbonyl (C=O) groups is 4. The van der Waals surface area contributed by atoms with Crippen molar-refractivity contribution in [3.05, 3.63) is 103 Å². The van der Waals surface area contributed by atoms with Crippen molar-refractivity contribution < 1.29 is 187 Å². The number of non-ortho nitro benzene ring substituents is 3. The van der Waals surface area contributed by atoms with Crippen molar-refractivity contribution in [1.29, 1.82) is 0 Å². The quantitative estimate of drug-likeness (QED) is 0.00881. The molecule has 6 saturated heterocycles. The zero-order chi connectivity index (χ0) is 86.6. The lowest BCUT2D eigenvalue weighted by Crippen LogP contribution is -2.66. The molecule has 0 aliphatic carbocycles. The molecule has 3 aromatic carbocycles. The minimum absolute atomic E-state index is 0.00341. The van der Waals surface area contributed by atoms with Crippen LogP contribution in [0, 0.1) is 30.3 Å². The van der Waals surface area contributed by atoms with Gasteiger partial charge in [0, 0.05) is 88.0 Å². The first-order chi connectivity index (χ1) is 56.2. The molecule has 9 rings (SSSR count). The number of ether oxygens (including phenoxy) is 15. The van der Waals surface area contributed by atoms with Gasteiger partial charge in [-0.2, -0.15) is 0 Å². The Balaban J connectivity index is 0.000000260. The van der Waals surface area contributed by atoms with Crippen LogP contribution in [0.3, 0.4) is 0 Å². The summed E-state index contributed by atoms with van der Waals surface area (Å²) < 4.78 is 84.4. The number of carbonyl (C=O) groups excluding carboxylic acids is 4. The lowest BCUT2D eigenvalue weighted by molar-refractivity contribution is -0.385. The molecule has 664 valence electrons. The number of Topliss-reactive ketones (excluding diaryl/α,β-unsaturated/α-hetero) is 1. The van der Waals surface area contributed by atoms with Crippen LogP contribution in [0.15, 0.2) is 72.8 Å². The van der Waals surface area contributed by atoms with Gasteiger partial charge in [0.2, 0.25) is 0 Å². The van der Waals surface area contributed by atoms with E-state index in [0.29, 0.717) is 51.5 Å². The van der Waals surface area contributed by atoms with Crippen molar-refractivity contribution >= 4 is 40.8 Å². The normalized spacial score (nSPS) is 33.4. The van der Waals surface area contributed by atoms with Gasteiger partial charge in [-0.3, -0.25) is 49.5 Å². The molecule has 3 aromatic rings. The number of hydrogen-bond donors (Lipinski definition) is 17. The monoisotopic (exact) mass is 1690 g/mol. The summed E-state index contributed by atoms with van der Waals surface area (Å²) >= 11 is 0. The molecule has 28 atom stereocenters. The number of aliphatic hydroxyl groups is 16. The van der Waals surface area contributed by atoms with Crippen LogP contribution in [0.5, 0.6) is 17.2 Å². The van der Waals surface area contributed by atoms with Gasteiger partial charge in [0.1, 0.15) is 133 Å². The molecule has 6 aliphatic heterocycles. The lowest BCUT2D eigenvalue weighted by Gasteiger charge is -2.48. The molecule has 6 aliphatic rings. The number of hydrogen-bond acceptors (Lipinski definition) is 42. The Morgan fingerprint density at radius 1 is 0.373 bits per heavy atom. The smallest absolute Gasteiger partial charge is 0.311 e. The van der Waals surface area contributed by atoms with E-state index in [2.05, 4.69) is 0 Å². The Morgan fingerprint density at radius 3 is 0.975 bits per heavy atom. The highest BCUT2D eigenvalue weighted by molar-refractivity contribution is 5.78. The number of nitrogens with zero attached hydrogens (tertiary/aromatic N) is 3. The third kappa shape index (κ3) is 28.7. The summed E-state index contributed by atoms with van der Waals surface area (Å²) in [5.74, 6) is -1.03. The standard InChI is InChI=1S/C34H51NO19.C21H39NO14.C18H16N2O8/c1-17-26(41)21(39)14-25(49-17)53-32-31(54-33-30(45)29(44)27(42)22(15-36)51-33)28(43)23(16-37)52-34(32)48-13-5-4-7-19(38)6-2-3-8-24(40)50-20-11-9-18(10-12-20)35(46)47;1-8-13(26)9(25)5-12(32-8)35-19-18(15(28)11(7-24)34-21(19)31-4-2-3-22)36-20-17(30)16(29)14(27)10(6-23)33-20;21-17(27-15-9-5-13(6-10-15)19(23)24)3-1-2-4-18(22)28-16-11-7-14(8-12-16)20(25)26/h9-12,17,21-23,25-34,36-37,39,41-45H,2-8,13-16H2,1H3;8-21,23-30H,2-7,22H2,1H3;5-12H,1-4H2/t17?,21-,22?,23?,25+,26-,27+,28+,29+,30?,31+,32?,33-,34-;8?,9-,10?,11?,12+,13-,14+,15+,16+,17?,18+,19?,20-,21-;/m11./s1. The van der Waals surface area contributed by atoms with Crippen molar-refractivity contribution in [1.82, 2.24) is 0 Å². The first kappa shape index (κ1) is 97.9. The number of benzene rings is 3. The number of aliphatic hydroxyl groups excluding tert-OH is 16. The lowest BCUT2D eigenvalue weighted by atomic mass is 9.96. The number of ketones is 1. The Hall–Kier alpha value is -7.22. The Kier molecular flexibility index (Phi) is 40.2. The van der Waals surface area contributed by atoms with Crippen molar-refractivity contribution in [3.8, 4) is 17.2 Å². The van der Waals surface area contributed by atoms with Crippen molar-refractivity contribution in [3.63, 3.8) is 0 Å². The first-order valence-electron chi connectivity index (χ1n) is 38.2. The van der Waals surface area contributed by atoms with Crippen LogP contribution in [0.1, 0.15) is 104 Å². The molecule has 18 N–H and O–H groups in total. The molecule has 0 saturated carbocycles. The molecule has 0 spiro atoms. The maximum absolute atomic E-state index is 12.5. The van der Waals surface area contributed by atoms with E-state index < -0.39 is 231 Å². The van der Waals surface area contributed by atoms with Crippen LogP contribution in [0.2, 0.25) is 0 Å². The zero-order valence-corrected chi connectivity index (χ0v) is 64.2. The van der Waals surface area contributed by atoms with Gasteiger partial charge < -0.3 is 158 Å². The van der Waals surface area contributed by atoms with E-state index in [4.69, 9.17) is 76.8 Å². The van der Waals surface area contributed by atoms with E-state index in [9.17, 15) is 131 Å². The van der Waals surface area contributed by atoms with Crippen LogP contribution in [0.4, 0.5) is 17.1 Å². The van der Waals surface area contributed by atoms with E-state index >= 15 is 0 Å². The fourth-order valence-electron chi connectivity index (χ4n) is 12.8. The van der Waals surface area contributed by atoms with E-state index in [0.717, 1.165) is 0 Å². The van der Waals surface area contributed by atoms with Gasteiger partial charge in [0.25, 0.3) is 17.1 Å². The van der Waals surface area contributed by atoms with Gasteiger partial charge in [-0.1, -0.05) is 0 Å². The van der Waals surface area contributed by atoms with Gasteiger partial charge in [-0.25, -0.2) is 0 Å². The molecule has 118 heavy (non-hydrogen) atoms. The van der Waals surface area contributed by atoms with Crippen LogP contribution < -0.4 is 19.9 Å². The van der Waals surface area contributed by atoms with Gasteiger partial charge >= 0.3 is 17.9 Å². The minimum Gasteiger partial charge on any atom is -0.427 e. The summed E-state index contributed by atoms with van der Waals surface area (Å²) in [7, 11) is 0. The summed E-state index contributed by atoms with van der Waals surface area (Å²) in [5.41, 5.74) is 5.18. The number of rotatable bonds is 38. The molecule has 45 nitrogen and oxygen atoms in total. The fraction of sp³-hybridized carbons (Fsp3) is 0.699. The van der Waals surface area contributed by atoms with Gasteiger partial charge in [0.15, 0.2) is 37.7 Å². The number of unbranched alkanes of at least 4 members (excludes halogenated alkanes) is 3. The largest absolute Gasteiger partial charge is 0.427 e. The molecular formula is C73H106N4O41. The molecule has 6 fully saturated rings. The zero-order valence-electron chi connectivity index (χ0n) is 64.2. The molecular weight excluding hydrogens is 1590 g/mol. The van der Waals surface area contributed by atoms with Gasteiger partial charge in [-0.05, 0) is 102 Å². The van der Waals surface area contributed by atoms with Crippen molar-refractivity contribution in [2.45, 2.75) is 276 Å². The fourth-order valence-corrected chi connectivity index (χ4v) is 12.8. The summed E-state index contributed by atoms with van der Waals surface area (Å²) in [5, 5.41) is 195. The second-order valence-corrected chi connectivity index (χ2v) is 28.3. The molecule has 0 bridgehead atoms. The maximum Gasteiger partial charge on any atom is 0.311 e. The third-order valence-corrected chi connectivity index (χ3v) is 19.5. The summed E-state index contributed by atoms with van der Waals surface area (Å²) in [6.45, 7) is 0.670. The second-order valence-electron chi connectivity index (χ2n) is 28.3. The number of nitro groups is 3. The predicted octanol–water partition coefficient (Wildman–Crippen LogP) is -3.25. The highest BCUT2D eigenvalue weighted by Gasteiger charge is 2.56. The summed E-state index contributed by atoms with van der Waals surface area (Å²) in [4.78, 5) is 78.2. The van der Waals surface area contributed by atoms with Gasteiger partial charge in [-0.15, -0.1) is 0 Å². The van der Waals surface area contributed by atoms with Crippen molar-refractivity contribution in [2.24, 2.45) is 5.73 Å². The minimum atomic E-state index is -1.85. The molecule has 6 heterocycles. The Bertz CT molecular complexity index is 3460. The SMILES string of the molecule is CC1O[C@@H](OC2[C@H](OCCCCC(=O)CCCCC(=O)Oc3ccc([N+](=O)[O-])cc3)OC(CO)[C@H](O)[C@@H]2O[C@H]2OC(CO)[C@H](O)[C@H](O)C2O)C[C@@H](O)[C@@H]1O.CC1O[C@@H](OC2[C@H](OCCCN)OC(CO)[C@H](O)[C@@H]2O[C@H]2OC(CO)[C@H](O)[C@H](O)C2O)C[C@@H](O)[C@@H]1O.O=C(CCCCC(=O)Oc1ccc([N+](=O)[O-])cc1)Oc1ccc([N+](=O)[O-])cc1.